The number of nitrogens with one attached hydrogen (secondary N) is 1. The van der Waals surface area contributed by atoms with Gasteiger partial charge < -0.3 is 14.8 Å². The second-order valence-electron chi connectivity index (χ2n) is 4.45. The summed E-state index contributed by atoms with van der Waals surface area (Å²) in [6.07, 6.45) is -8.48. The van der Waals surface area contributed by atoms with Crippen LogP contribution in [0.2, 0.25) is 5.02 Å². The van der Waals surface area contributed by atoms with Gasteiger partial charge in [0.2, 0.25) is 6.10 Å². The zero-order chi connectivity index (χ0) is 17.2. The first-order valence-electron chi connectivity index (χ1n) is 6.18. The number of aliphatic imine (C=N–C) groups is 1. The minimum Gasteiger partial charge on any atom is -0.438 e. The molecular formula is C13H10ClF3N2O4. The van der Waals surface area contributed by atoms with E-state index >= 15 is 0 Å². The summed E-state index contributed by atoms with van der Waals surface area (Å²) >= 11 is 5.70. The molecule has 0 aromatic heterocycles. The highest BCUT2D eigenvalue weighted by Gasteiger charge is 2.52. The smallest absolute Gasteiger partial charge is 0.438 e. The topological polar surface area (TPSA) is 77.0 Å². The summed E-state index contributed by atoms with van der Waals surface area (Å²) in [4.78, 5) is 26.4. The van der Waals surface area contributed by atoms with Crippen LogP contribution in [0.3, 0.4) is 0 Å². The van der Waals surface area contributed by atoms with Crippen molar-refractivity contribution in [2.75, 3.05) is 7.11 Å². The molecule has 1 aliphatic rings. The monoisotopic (exact) mass is 350 g/mol. The van der Waals surface area contributed by atoms with Crippen molar-refractivity contribution in [1.82, 2.24) is 5.32 Å². The summed E-state index contributed by atoms with van der Waals surface area (Å²) in [5.74, 6) is -1.45. The van der Waals surface area contributed by atoms with Crippen LogP contribution in [0, 0.1) is 0 Å². The standard InChI is InChI=1S/C13H10ClF3N2O4/c1-22-12(21)23-8-9(13(15,16)17)18-10(19-11(8)20)6-2-4-7(14)5-3-6/h2-5,8-9H,1H3,(H,18,19,20). The fourth-order valence-electron chi connectivity index (χ4n) is 1.84. The lowest BCUT2D eigenvalue weighted by atomic mass is 10.1. The van der Waals surface area contributed by atoms with Crippen LogP contribution >= 0.6 is 11.6 Å². The summed E-state index contributed by atoms with van der Waals surface area (Å²) in [6, 6.07) is 3.13. The van der Waals surface area contributed by atoms with Crippen molar-refractivity contribution in [2.45, 2.75) is 18.3 Å². The van der Waals surface area contributed by atoms with E-state index in [4.69, 9.17) is 11.6 Å². The highest BCUT2D eigenvalue weighted by molar-refractivity contribution is 6.30. The van der Waals surface area contributed by atoms with E-state index < -0.39 is 30.4 Å². The highest BCUT2D eigenvalue weighted by Crippen LogP contribution is 2.29. The zero-order valence-corrected chi connectivity index (χ0v) is 12.3. The van der Waals surface area contributed by atoms with Gasteiger partial charge >= 0.3 is 12.3 Å². The van der Waals surface area contributed by atoms with Crippen molar-refractivity contribution in [1.29, 1.82) is 0 Å². The molecule has 1 amide bonds. The molecule has 10 heteroatoms. The fraction of sp³-hybridized carbons (Fsp3) is 0.308. The summed E-state index contributed by atoms with van der Waals surface area (Å²) in [7, 11) is 0.911. The van der Waals surface area contributed by atoms with Gasteiger partial charge in [-0.25, -0.2) is 4.79 Å². The molecule has 23 heavy (non-hydrogen) atoms. The Balaban J connectivity index is 2.38. The number of amides is 1. The number of ether oxygens (including phenoxy) is 2. The van der Waals surface area contributed by atoms with E-state index in [0.29, 0.717) is 5.02 Å². The van der Waals surface area contributed by atoms with Crippen LogP contribution in [-0.4, -0.2) is 43.3 Å². The van der Waals surface area contributed by atoms with Crippen molar-refractivity contribution in [3.05, 3.63) is 34.9 Å². The third-order valence-corrected chi connectivity index (χ3v) is 3.15. The van der Waals surface area contributed by atoms with Gasteiger partial charge in [0, 0.05) is 10.6 Å². The first-order valence-corrected chi connectivity index (χ1v) is 6.56. The Morgan fingerprint density at radius 3 is 2.43 bits per heavy atom. The van der Waals surface area contributed by atoms with Gasteiger partial charge in [-0.15, -0.1) is 0 Å². The number of amidine groups is 1. The number of carbonyl (C=O) groups excluding carboxylic acids is 2. The molecule has 0 fully saturated rings. The van der Waals surface area contributed by atoms with E-state index in [0.717, 1.165) is 7.11 Å². The molecule has 0 aliphatic carbocycles. The number of halogens is 4. The minimum absolute atomic E-state index is 0.230. The average Bonchev–Trinajstić information content (AvgIpc) is 2.48. The quantitative estimate of drug-likeness (QED) is 0.830. The molecule has 0 radical (unpaired) electrons. The van der Waals surface area contributed by atoms with Gasteiger partial charge in [0.15, 0.2) is 6.04 Å². The van der Waals surface area contributed by atoms with Gasteiger partial charge in [0.1, 0.15) is 5.84 Å². The predicted molar refractivity (Wildman–Crippen MR) is 73.3 cm³/mol. The molecule has 0 saturated carbocycles. The molecule has 1 N–H and O–H groups in total. The van der Waals surface area contributed by atoms with Crippen LogP contribution in [0.1, 0.15) is 5.56 Å². The summed E-state index contributed by atoms with van der Waals surface area (Å²) in [5, 5.41) is 2.54. The van der Waals surface area contributed by atoms with Crippen molar-refractivity contribution in [3.63, 3.8) is 0 Å². The normalized spacial score (nSPS) is 21.3. The molecule has 6 nitrogen and oxygen atoms in total. The molecule has 1 aromatic carbocycles. The highest BCUT2D eigenvalue weighted by atomic mass is 35.5. The summed E-state index contributed by atoms with van der Waals surface area (Å²) in [5.41, 5.74) is 0.230. The summed E-state index contributed by atoms with van der Waals surface area (Å²) in [6.45, 7) is 0. The van der Waals surface area contributed by atoms with Gasteiger partial charge in [0.25, 0.3) is 5.91 Å². The van der Waals surface area contributed by atoms with Crippen molar-refractivity contribution in [3.8, 4) is 0 Å². The number of hydrogen-bond acceptors (Lipinski definition) is 5. The molecule has 1 aliphatic heterocycles. The van der Waals surface area contributed by atoms with E-state index in [1.165, 1.54) is 24.3 Å². The summed E-state index contributed by atoms with van der Waals surface area (Å²) < 4.78 is 47.9. The van der Waals surface area contributed by atoms with Crippen LogP contribution in [0.25, 0.3) is 0 Å². The maximum Gasteiger partial charge on any atom is 0.508 e. The fourth-order valence-corrected chi connectivity index (χ4v) is 1.97. The first-order chi connectivity index (χ1) is 10.7. The third-order valence-electron chi connectivity index (χ3n) is 2.90. The SMILES string of the molecule is COC(=O)OC1C(=O)NC(c2ccc(Cl)cc2)=NC1C(F)(F)F. The van der Waals surface area contributed by atoms with Crippen molar-refractivity contribution >= 4 is 29.5 Å². The van der Waals surface area contributed by atoms with E-state index in [-0.39, 0.29) is 11.4 Å². The van der Waals surface area contributed by atoms with Gasteiger partial charge in [-0.2, -0.15) is 13.2 Å². The lowest BCUT2D eigenvalue weighted by Gasteiger charge is -2.29. The number of alkyl halides is 3. The maximum absolute atomic E-state index is 13.1. The Morgan fingerprint density at radius 1 is 1.30 bits per heavy atom. The van der Waals surface area contributed by atoms with Crippen LogP contribution in [0.5, 0.6) is 0 Å². The molecule has 2 unspecified atom stereocenters. The second-order valence-corrected chi connectivity index (χ2v) is 4.89. The lowest BCUT2D eigenvalue weighted by molar-refractivity contribution is -0.177. The molecule has 0 saturated heterocycles. The maximum atomic E-state index is 13.1. The molecular weight excluding hydrogens is 341 g/mol. The minimum atomic E-state index is -4.89. The number of nitrogens with zero attached hydrogens (tertiary/aromatic N) is 1. The largest absolute Gasteiger partial charge is 0.508 e. The van der Waals surface area contributed by atoms with Gasteiger partial charge in [-0.3, -0.25) is 9.79 Å². The van der Waals surface area contributed by atoms with Gasteiger partial charge in [-0.1, -0.05) is 11.6 Å². The Hall–Kier alpha value is -2.29. The Kier molecular flexibility index (Phi) is 4.79. The van der Waals surface area contributed by atoms with Gasteiger partial charge in [-0.05, 0) is 24.3 Å². The van der Waals surface area contributed by atoms with E-state index in [1.54, 1.807) is 0 Å². The number of methoxy groups -OCH3 is 1. The van der Waals surface area contributed by atoms with Crippen molar-refractivity contribution in [2.24, 2.45) is 4.99 Å². The van der Waals surface area contributed by atoms with E-state index in [9.17, 15) is 22.8 Å². The zero-order valence-electron chi connectivity index (χ0n) is 11.6. The number of rotatable bonds is 2. The molecule has 2 rings (SSSR count). The number of hydrogen-bond donors (Lipinski definition) is 1. The third kappa shape index (κ3) is 3.92. The first kappa shape index (κ1) is 17.1. The van der Waals surface area contributed by atoms with E-state index in [1.807, 2.05) is 0 Å². The molecule has 124 valence electrons. The molecule has 2 atom stereocenters. The molecule has 1 aromatic rings. The second kappa shape index (κ2) is 6.45. The number of carbonyl (C=O) groups is 2. The van der Waals surface area contributed by atoms with Crippen LogP contribution < -0.4 is 5.32 Å². The molecule has 0 bridgehead atoms. The lowest BCUT2D eigenvalue weighted by Crippen LogP contribution is -2.56. The van der Waals surface area contributed by atoms with Crippen molar-refractivity contribution < 1.29 is 32.2 Å². The Morgan fingerprint density at radius 2 is 1.91 bits per heavy atom. The Bertz CT molecular complexity index is 646. The Labute approximate surface area is 133 Å². The van der Waals surface area contributed by atoms with Crippen LogP contribution in [-0.2, 0) is 14.3 Å². The van der Waals surface area contributed by atoms with Crippen LogP contribution in [0.15, 0.2) is 29.3 Å². The van der Waals surface area contributed by atoms with Gasteiger partial charge in [0.05, 0.1) is 7.11 Å². The van der Waals surface area contributed by atoms with E-state index in [2.05, 4.69) is 19.8 Å². The average molecular weight is 351 g/mol. The molecule has 1 heterocycles. The predicted octanol–water partition coefficient (Wildman–Crippen LogP) is 2.30. The number of benzene rings is 1. The van der Waals surface area contributed by atoms with Crippen LogP contribution in [0.4, 0.5) is 18.0 Å². The molecule has 0 spiro atoms.